The molecule has 1 saturated heterocycles. The van der Waals surface area contributed by atoms with Gasteiger partial charge in [-0.3, -0.25) is 9.59 Å². The number of hydrogen-bond acceptors (Lipinski definition) is 4. The zero-order valence-corrected chi connectivity index (χ0v) is 12.5. The Bertz CT molecular complexity index is 389. The highest BCUT2D eigenvalue weighted by Crippen LogP contribution is 2.29. The zero-order valence-electron chi connectivity index (χ0n) is 12.5. The van der Waals surface area contributed by atoms with Gasteiger partial charge in [0.2, 0.25) is 0 Å². The Morgan fingerprint density at radius 1 is 1.14 bits per heavy atom. The van der Waals surface area contributed by atoms with Crippen molar-refractivity contribution in [3.05, 3.63) is 0 Å². The first-order chi connectivity index (χ1) is 9.72. The Morgan fingerprint density at radius 2 is 1.62 bits per heavy atom. The molecule has 1 fully saturated rings. The van der Waals surface area contributed by atoms with Crippen LogP contribution >= 0.6 is 0 Å². The molecule has 0 saturated carbocycles. The Kier molecular flexibility index (Phi) is 5.95. The van der Waals surface area contributed by atoms with Gasteiger partial charge in [-0.05, 0) is 38.4 Å². The van der Waals surface area contributed by atoms with E-state index in [1.807, 2.05) is 7.05 Å². The Hall–Kier alpha value is -1.83. The molecular formula is C13H23N3O5. The summed E-state index contributed by atoms with van der Waals surface area (Å²) in [6.07, 6.45) is 1.86. The molecule has 120 valence electrons. The molecule has 0 aliphatic carbocycles. The van der Waals surface area contributed by atoms with Crippen molar-refractivity contribution in [3.63, 3.8) is 0 Å². The molecule has 1 aliphatic rings. The molecule has 0 aromatic carbocycles. The van der Waals surface area contributed by atoms with Gasteiger partial charge in [0.1, 0.15) is 13.1 Å². The lowest BCUT2D eigenvalue weighted by Crippen LogP contribution is -2.49. The van der Waals surface area contributed by atoms with E-state index >= 15 is 0 Å². The minimum atomic E-state index is -1.24. The van der Waals surface area contributed by atoms with E-state index in [0.29, 0.717) is 6.54 Å². The minimum absolute atomic E-state index is 0.0414. The Morgan fingerprint density at radius 3 is 2.05 bits per heavy atom. The van der Waals surface area contributed by atoms with Crippen LogP contribution in [0, 0.1) is 5.41 Å². The number of rotatable bonds is 6. The van der Waals surface area contributed by atoms with E-state index in [2.05, 4.69) is 17.1 Å². The fourth-order valence-corrected chi connectivity index (χ4v) is 2.26. The molecule has 8 heteroatoms. The number of carbonyl (C=O) groups is 3. The average Bonchev–Trinajstić information content (AvgIpc) is 2.38. The number of aliphatic carboxylic acids is 2. The number of nitrogens with one attached hydrogen (secondary N) is 1. The largest absolute Gasteiger partial charge is 0.480 e. The van der Waals surface area contributed by atoms with E-state index in [9.17, 15) is 14.4 Å². The van der Waals surface area contributed by atoms with Crippen LogP contribution in [0.2, 0.25) is 0 Å². The maximum Gasteiger partial charge on any atom is 0.323 e. The number of likely N-dealkylation sites (tertiary alicyclic amines) is 1. The standard InChI is InChI=1S/C13H23N3O5/c1-13(3-5-15(2)6-4-13)9-14-12(21)16(7-10(17)18)8-11(19)20/h3-9H2,1-2H3,(H,14,21)(H,17,18)(H,19,20). The second-order valence-electron chi connectivity index (χ2n) is 5.92. The number of hydrogen-bond donors (Lipinski definition) is 3. The van der Waals surface area contributed by atoms with Gasteiger partial charge in [0.25, 0.3) is 0 Å². The summed E-state index contributed by atoms with van der Waals surface area (Å²) in [4.78, 5) is 36.3. The third kappa shape index (κ3) is 5.99. The van der Waals surface area contributed by atoms with Crippen molar-refractivity contribution in [2.45, 2.75) is 19.8 Å². The average molecular weight is 301 g/mol. The molecule has 0 atom stereocenters. The van der Waals surface area contributed by atoms with Gasteiger partial charge in [-0.2, -0.15) is 0 Å². The van der Waals surface area contributed by atoms with Crippen molar-refractivity contribution < 1.29 is 24.6 Å². The number of urea groups is 1. The molecule has 8 nitrogen and oxygen atoms in total. The molecule has 0 unspecified atom stereocenters. The van der Waals surface area contributed by atoms with Crippen molar-refractivity contribution in [2.24, 2.45) is 5.41 Å². The third-order valence-electron chi connectivity index (χ3n) is 3.80. The summed E-state index contributed by atoms with van der Waals surface area (Å²) in [7, 11) is 2.04. The topological polar surface area (TPSA) is 110 Å². The number of piperidine rings is 1. The van der Waals surface area contributed by atoms with Crippen LogP contribution in [0.5, 0.6) is 0 Å². The van der Waals surface area contributed by atoms with Crippen molar-refractivity contribution in [1.29, 1.82) is 0 Å². The van der Waals surface area contributed by atoms with Crippen LogP contribution < -0.4 is 5.32 Å². The summed E-state index contributed by atoms with van der Waals surface area (Å²) in [6.45, 7) is 3.12. The molecule has 0 radical (unpaired) electrons. The Labute approximate surface area is 123 Å². The predicted molar refractivity (Wildman–Crippen MR) is 75.1 cm³/mol. The second-order valence-corrected chi connectivity index (χ2v) is 5.92. The van der Waals surface area contributed by atoms with Crippen LogP contribution in [0.15, 0.2) is 0 Å². The van der Waals surface area contributed by atoms with E-state index in [1.165, 1.54) is 0 Å². The van der Waals surface area contributed by atoms with Crippen LogP contribution in [0.4, 0.5) is 4.79 Å². The maximum absolute atomic E-state index is 11.9. The normalized spacial score (nSPS) is 18.0. The molecule has 1 aliphatic heterocycles. The van der Waals surface area contributed by atoms with E-state index in [4.69, 9.17) is 10.2 Å². The molecule has 0 aromatic heterocycles. The fraction of sp³-hybridized carbons (Fsp3) is 0.769. The molecule has 0 aromatic rings. The summed E-state index contributed by atoms with van der Waals surface area (Å²) >= 11 is 0. The summed E-state index contributed by atoms with van der Waals surface area (Å²) in [6, 6.07) is -0.653. The molecule has 0 bridgehead atoms. The van der Waals surface area contributed by atoms with Crippen molar-refractivity contribution >= 4 is 18.0 Å². The Balaban J connectivity index is 2.52. The van der Waals surface area contributed by atoms with Gasteiger partial charge < -0.3 is 25.3 Å². The monoisotopic (exact) mass is 301 g/mol. The van der Waals surface area contributed by atoms with E-state index in [1.54, 1.807) is 0 Å². The maximum atomic E-state index is 11.9. The lowest BCUT2D eigenvalue weighted by atomic mass is 9.80. The highest BCUT2D eigenvalue weighted by molar-refractivity contribution is 5.84. The van der Waals surface area contributed by atoms with Crippen LogP contribution in [0.25, 0.3) is 0 Å². The van der Waals surface area contributed by atoms with Crippen molar-refractivity contribution in [1.82, 2.24) is 15.1 Å². The molecule has 1 rings (SSSR count). The first-order valence-electron chi connectivity index (χ1n) is 6.87. The number of amides is 2. The van der Waals surface area contributed by atoms with E-state index < -0.39 is 31.1 Å². The summed E-state index contributed by atoms with van der Waals surface area (Å²) in [5.41, 5.74) is -0.0414. The zero-order chi connectivity index (χ0) is 16.0. The van der Waals surface area contributed by atoms with Gasteiger partial charge in [0.15, 0.2) is 0 Å². The first-order valence-corrected chi connectivity index (χ1v) is 6.87. The number of nitrogens with zero attached hydrogens (tertiary/aromatic N) is 2. The van der Waals surface area contributed by atoms with Crippen molar-refractivity contribution in [3.8, 4) is 0 Å². The van der Waals surface area contributed by atoms with Gasteiger partial charge in [0, 0.05) is 6.54 Å². The molecule has 3 N–H and O–H groups in total. The lowest BCUT2D eigenvalue weighted by molar-refractivity contribution is -0.140. The van der Waals surface area contributed by atoms with Crippen molar-refractivity contribution in [2.75, 3.05) is 39.8 Å². The molecule has 21 heavy (non-hydrogen) atoms. The van der Waals surface area contributed by atoms with Crippen LogP contribution in [-0.2, 0) is 9.59 Å². The quantitative estimate of drug-likeness (QED) is 0.632. The predicted octanol–water partition coefficient (Wildman–Crippen LogP) is -0.101. The summed E-state index contributed by atoms with van der Waals surface area (Å²) in [5.74, 6) is -2.48. The highest BCUT2D eigenvalue weighted by Gasteiger charge is 2.30. The van der Waals surface area contributed by atoms with E-state index in [-0.39, 0.29) is 5.41 Å². The summed E-state index contributed by atoms with van der Waals surface area (Å²) in [5, 5.41) is 20.1. The SMILES string of the molecule is CN1CCC(C)(CNC(=O)N(CC(=O)O)CC(=O)O)CC1. The molecule has 1 heterocycles. The number of carbonyl (C=O) groups excluding carboxylic acids is 1. The first kappa shape index (κ1) is 17.2. The minimum Gasteiger partial charge on any atom is -0.480 e. The molecule has 0 spiro atoms. The van der Waals surface area contributed by atoms with Gasteiger partial charge >= 0.3 is 18.0 Å². The third-order valence-corrected chi connectivity index (χ3v) is 3.80. The van der Waals surface area contributed by atoms with Gasteiger partial charge in [-0.15, -0.1) is 0 Å². The highest BCUT2D eigenvalue weighted by atomic mass is 16.4. The molecule has 2 amide bonds. The lowest BCUT2D eigenvalue weighted by Gasteiger charge is -2.38. The second kappa shape index (κ2) is 7.26. The van der Waals surface area contributed by atoms with Gasteiger partial charge in [-0.25, -0.2) is 4.79 Å². The van der Waals surface area contributed by atoms with Crippen LogP contribution in [0.1, 0.15) is 19.8 Å². The number of carboxylic acid groups (broad SMARTS) is 2. The molecular weight excluding hydrogens is 278 g/mol. The fourth-order valence-electron chi connectivity index (χ4n) is 2.26. The van der Waals surface area contributed by atoms with Crippen LogP contribution in [0.3, 0.4) is 0 Å². The van der Waals surface area contributed by atoms with Gasteiger partial charge in [0.05, 0.1) is 0 Å². The van der Waals surface area contributed by atoms with Gasteiger partial charge in [-0.1, -0.05) is 6.92 Å². The van der Waals surface area contributed by atoms with E-state index in [0.717, 1.165) is 30.8 Å². The summed E-state index contributed by atoms with van der Waals surface area (Å²) < 4.78 is 0. The smallest absolute Gasteiger partial charge is 0.323 e. The number of carboxylic acids is 2. The van der Waals surface area contributed by atoms with Crippen LogP contribution in [-0.4, -0.2) is 77.8 Å².